The van der Waals surface area contributed by atoms with Crippen LogP contribution in [0.1, 0.15) is 18.9 Å². The van der Waals surface area contributed by atoms with Gasteiger partial charge < -0.3 is 20.1 Å². The van der Waals surface area contributed by atoms with E-state index in [1.54, 1.807) is 13.3 Å². The average Bonchev–Trinajstić information content (AvgIpc) is 2.46. The van der Waals surface area contributed by atoms with E-state index in [-0.39, 0.29) is 0 Å². The molecule has 2 heterocycles. The molecule has 1 fully saturated rings. The first-order valence-electron chi connectivity index (χ1n) is 6.81. The average molecular weight is 265 g/mol. The van der Waals surface area contributed by atoms with Crippen LogP contribution in [0.15, 0.2) is 18.3 Å². The van der Waals surface area contributed by atoms with Gasteiger partial charge in [-0.2, -0.15) is 0 Å². The van der Waals surface area contributed by atoms with Gasteiger partial charge in [0.15, 0.2) is 0 Å². The molecule has 1 aliphatic rings. The topological polar surface area (TPSA) is 55.4 Å². The van der Waals surface area contributed by atoms with Crippen molar-refractivity contribution in [2.45, 2.75) is 32.0 Å². The zero-order chi connectivity index (χ0) is 13.5. The minimum absolute atomic E-state index is 0.443. The van der Waals surface area contributed by atoms with Crippen molar-refractivity contribution in [3.63, 3.8) is 0 Å². The van der Waals surface area contributed by atoms with Crippen LogP contribution in [0, 0.1) is 0 Å². The summed E-state index contributed by atoms with van der Waals surface area (Å²) in [6.45, 7) is 5.63. The predicted octanol–water partition coefficient (Wildman–Crippen LogP) is 0.947. The number of hydrogen-bond acceptors (Lipinski definition) is 5. The molecule has 106 valence electrons. The van der Waals surface area contributed by atoms with Gasteiger partial charge in [-0.3, -0.25) is 0 Å². The Hall–Kier alpha value is -1.17. The van der Waals surface area contributed by atoms with Crippen molar-refractivity contribution in [2.24, 2.45) is 0 Å². The van der Waals surface area contributed by atoms with E-state index < -0.39 is 0 Å². The third-order valence-electron chi connectivity index (χ3n) is 3.30. The van der Waals surface area contributed by atoms with Crippen LogP contribution in [-0.2, 0) is 11.3 Å². The van der Waals surface area contributed by atoms with Crippen molar-refractivity contribution in [1.82, 2.24) is 15.6 Å². The first-order chi connectivity index (χ1) is 9.28. The van der Waals surface area contributed by atoms with E-state index in [9.17, 15) is 0 Å². The van der Waals surface area contributed by atoms with Crippen molar-refractivity contribution in [3.05, 3.63) is 23.9 Å². The quantitative estimate of drug-likeness (QED) is 0.802. The summed E-state index contributed by atoms with van der Waals surface area (Å²) in [4.78, 5) is 4.10. The molecule has 2 N–H and O–H groups in total. The number of methoxy groups -OCH3 is 1. The number of hydrogen-bond donors (Lipinski definition) is 2. The summed E-state index contributed by atoms with van der Waals surface area (Å²) in [6.07, 6.45) is 2.85. The highest BCUT2D eigenvalue weighted by Crippen LogP contribution is 2.09. The molecule has 1 aliphatic heterocycles. The Kier molecular flexibility index (Phi) is 5.57. The molecular weight excluding hydrogens is 242 g/mol. The maximum absolute atomic E-state index is 5.46. The summed E-state index contributed by atoms with van der Waals surface area (Å²) in [5.74, 6) is 0.661. The van der Waals surface area contributed by atoms with E-state index in [0.717, 1.165) is 32.7 Å². The molecule has 0 amide bonds. The molecule has 1 saturated heterocycles. The summed E-state index contributed by atoms with van der Waals surface area (Å²) in [7, 11) is 1.64. The third kappa shape index (κ3) is 4.78. The second kappa shape index (κ2) is 7.43. The molecular formula is C14H23N3O2. The molecule has 2 rings (SSSR count). The van der Waals surface area contributed by atoms with Crippen LogP contribution in [0.3, 0.4) is 0 Å². The van der Waals surface area contributed by atoms with Crippen LogP contribution in [0.5, 0.6) is 5.88 Å². The summed E-state index contributed by atoms with van der Waals surface area (Å²) < 4.78 is 10.6. The minimum atomic E-state index is 0.443. The van der Waals surface area contributed by atoms with Crippen molar-refractivity contribution < 1.29 is 9.47 Å². The minimum Gasteiger partial charge on any atom is -0.481 e. The van der Waals surface area contributed by atoms with E-state index in [1.807, 2.05) is 12.1 Å². The van der Waals surface area contributed by atoms with Crippen molar-refractivity contribution in [2.75, 3.05) is 26.9 Å². The number of nitrogens with zero attached hydrogens (tertiary/aromatic N) is 1. The summed E-state index contributed by atoms with van der Waals surface area (Å²) in [5.41, 5.74) is 1.19. The number of pyridine rings is 1. The fourth-order valence-electron chi connectivity index (χ4n) is 2.25. The van der Waals surface area contributed by atoms with E-state index in [2.05, 4.69) is 22.5 Å². The van der Waals surface area contributed by atoms with Gasteiger partial charge in [0.05, 0.1) is 20.3 Å². The van der Waals surface area contributed by atoms with Gasteiger partial charge in [-0.25, -0.2) is 4.98 Å². The standard InChI is InChI=1S/C14H23N3O2/c1-11(7-13-10-19-6-5-15-13)17-9-12-3-4-16-14(8-12)18-2/h3-4,8,11,13,15,17H,5-7,9-10H2,1-2H3. The van der Waals surface area contributed by atoms with E-state index >= 15 is 0 Å². The molecule has 0 aliphatic carbocycles. The number of aromatic nitrogens is 1. The van der Waals surface area contributed by atoms with Gasteiger partial charge >= 0.3 is 0 Å². The van der Waals surface area contributed by atoms with Gasteiger partial charge in [0.25, 0.3) is 0 Å². The molecule has 0 spiro atoms. The Labute approximate surface area is 114 Å². The lowest BCUT2D eigenvalue weighted by atomic mass is 10.1. The Morgan fingerprint density at radius 2 is 2.53 bits per heavy atom. The lowest BCUT2D eigenvalue weighted by Crippen LogP contribution is -2.44. The molecule has 5 nitrogen and oxygen atoms in total. The van der Waals surface area contributed by atoms with Crippen LogP contribution in [-0.4, -0.2) is 43.9 Å². The van der Waals surface area contributed by atoms with Gasteiger partial charge in [-0.15, -0.1) is 0 Å². The molecule has 5 heteroatoms. The fraction of sp³-hybridized carbons (Fsp3) is 0.643. The number of nitrogens with one attached hydrogen (secondary N) is 2. The maximum atomic E-state index is 5.46. The Morgan fingerprint density at radius 1 is 1.63 bits per heavy atom. The third-order valence-corrected chi connectivity index (χ3v) is 3.30. The highest BCUT2D eigenvalue weighted by molar-refractivity contribution is 5.20. The van der Waals surface area contributed by atoms with E-state index in [0.29, 0.717) is 18.0 Å². The van der Waals surface area contributed by atoms with E-state index in [1.165, 1.54) is 5.56 Å². The summed E-state index contributed by atoms with van der Waals surface area (Å²) in [5, 5.41) is 6.99. The first kappa shape index (κ1) is 14.2. The normalized spacial score (nSPS) is 21.1. The second-order valence-corrected chi connectivity index (χ2v) is 4.95. The van der Waals surface area contributed by atoms with Crippen LogP contribution in [0.25, 0.3) is 0 Å². The number of rotatable bonds is 6. The highest BCUT2D eigenvalue weighted by Gasteiger charge is 2.15. The molecule has 1 aromatic heterocycles. The first-order valence-corrected chi connectivity index (χ1v) is 6.81. The Bertz CT molecular complexity index is 381. The lowest BCUT2D eigenvalue weighted by molar-refractivity contribution is 0.0712. The van der Waals surface area contributed by atoms with Crippen LogP contribution >= 0.6 is 0 Å². The van der Waals surface area contributed by atoms with Crippen molar-refractivity contribution >= 4 is 0 Å². The molecule has 0 saturated carbocycles. The predicted molar refractivity (Wildman–Crippen MR) is 74.3 cm³/mol. The molecule has 0 radical (unpaired) electrons. The van der Waals surface area contributed by atoms with Crippen LogP contribution < -0.4 is 15.4 Å². The van der Waals surface area contributed by atoms with E-state index in [4.69, 9.17) is 9.47 Å². The highest BCUT2D eigenvalue weighted by atomic mass is 16.5. The molecule has 0 bridgehead atoms. The number of ether oxygens (including phenoxy) is 2. The molecule has 0 aromatic carbocycles. The van der Waals surface area contributed by atoms with Crippen molar-refractivity contribution in [3.8, 4) is 5.88 Å². The lowest BCUT2D eigenvalue weighted by Gasteiger charge is -2.26. The monoisotopic (exact) mass is 265 g/mol. The van der Waals surface area contributed by atoms with Crippen LogP contribution in [0.4, 0.5) is 0 Å². The SMILES string of the molecule is COc1cc(CNC(C)CC2COCCN2)ccn1. The molecule has 2 atom stereocenters. The van der Waals surface area contributed by atoms with Gasteiger partial charge in [0.2, 0.25) is 5.88 Å². The van der Waals surface area contributed by atoms with Gasteiger partial charge in [-0.1, -0.05) is 0 Å². The smallest absolute Gasteiger partial charge is 0.213 e. The van der Waals surface area contributed by atoms with Crippen molar-refractivity contribution in [1.29, 1.82) is 0 Å². The second-order valence-electron chi connectivity index (χ2n) is 4.95. The Balaban J connectivity index is 1.74. The zero-order valence-electron chi connectivity index (χ0n) is 11.7. The summed E-state index contributed by atoms with van der Waals surface area (Å²) in [6, 6.07) is 4.87. The van der Waals surface area contributed by atoms with Gasteiger partial charge in [0.1, 0.15) is 0 Å². The fourth-order valence-corrected chi connectivity index (χ4v) is 2.25. The molecule has 2 unspecified atom stereocenters. The van der Waals surface area contributed by atoms with Crippen LogP contribution in [0.2, 0.25) is 0 Å². The van der Waals surface area contributed by atoms with Gasteiger partial charge in [0, 0.05) is 37.4 Å². The maximum Gasteiger partial charge on any atom is 0.213 e. The molecule has 1 aromatic rings. The number of morpholine rings is 1. The summed E-state index contributed by atoms with van der Waals surface area (Å²) >= 11 is 0. The Morgan fingerprint density at radius 3 is 3.26 bits per heavy atom. The largest absolute Gasteiger partial charge is 0.481 e. The zero-order valence-corrected chi connectivity index (χ0v) is 11.7. The molecule has 19 heavy (non-hydrogen) atoms. The van der Waals surface area contributed by atoms with Gasteiger partial charge in [-0.05, 0) is 25.0 Å².